The molecule has 1 aromatic carbocycles. The fourth-order valence-corrected chi connectivity index (χ4v) is 4.03. The van der Waals surface area contributed by atoms with Crippen molar-refractivity contribution >= 4 is 41.0 Å². The van der Waals surface area contributed by atoms with Crippen molar-refractivity contribution in [3.8, 4) is 11.8 Å². The van der Waals surface area contributed by atoms with Gasteiger partial charge < -0.3 is 10.1 Å². The number of hydrogen-bond donors (Lipinski definition) is 3. The number of carbonyl (C=O) groups excluding carboxylic acids is 1. The van der Waals surface area contributed by atoms with Gasteiger partial charge in [-0.2, -0.15) is 5.10 Å². The fourth-order valence-electron chi connectivity index (χ4n) is 3.22. The normalized spacial score (nSPS) is 12.8. The van der Waals surface area contributed by atoms with Gasteiger partial charge in [0.2, 0.25) is 5.95 Å². The van der Waals surface area contributed by atoms with Crippen molar-refractivity contribution < 1.29 is 9.53 Å². The third-order valence-electron chi connectivity index (χ3n) is 5.00. The summed E-state index contributed by atoms with van der Waals surface area (Å²) in [7, 11) is 0. The van der Waals surface area contributed by atoms with Gasteiger partial charge in [0.05, 0.1) is 0 Å². The molecule has 5 rings (SSSR count). The number of carbonyl (C=O) groups is 1. The molecule has 0 aliphatic heterocycles. The molecule has 0 bridgehead atoms. The van der Waals surface area contributed by atoms with Gasteiger partial charge in [-0.15, -0.1) is 5.92 Å². The van der Waals surface area contributed by atoms with Crippen LogP contribution in [-0.4, -0.2) is 37.3 Å². The maximum absolute atomic E-state index is 11.8. The molecule has 1 amide bonds. The number of rotatable bonds is 7. The van der Waals surface area contributed by atoms with Crippen molar-refractivity contribution in [1.82, 2.24) is 24.6 Å². The molecule has 0 unspecified atom stereocenters. The first kappa shape index (κ1) is 20.9. The Balaban J connectivity index is 1.29. The Hall–Kier alpha value is -3.97. The van der Waals surface area contributed by atoms with Crippen molar-refractivity contribution in [1.29, 1.82) is 0 Å². The van der Waals surface area contributed by atoms with Gasteiger partial charge in [-0.05, 0) is 44.0 Å². The summed E-state index contributed by atoms with van der Waals surface area (Å²) in [6.45, 7) is 1.76. The Morgan fingerprint density at radius 3 is 2.94 bits per heavy atom. The lowest BCUT2D eigenvalue weighted by atomic mass is 10.3. The summed E-state index contributed by atoms with van der Waals surface area (Å²) in [5.41, 5.74) is 2.57. The number of fused-ring (bicyclic) bond motifs is 1. The third kappa shape index (κ3) is 5.10. The second-order valence-electron chi connectivity index (χ2n) is 7.44. The third-order valence-corrected chi connectivity index (χ3v) is 5.92. The van der Waals surface area contributed by atoms with Gasteiger partial charge in [-0.1, -0.05) is 17.7 Å². The standard InChI is InChI=1S/C23H21N7O2S/c1-2-3-12-32-23(31)25-16-6-8-17(9-7-16)33-21-14-20-24-10-11-30(20)22(27-21)26-19-13-18(28-29-19)15-4-5-15/h6-11,13-15H,4-5,12H2,1H3,(H,25,31)(H2,26,27,28,29). The maximum atomic E-state index is 11.8. The summed E-state index contributed by atoms with van der Waals surface area (Å²) in [6.07, 6.45) is 5.48. The zero-order chi connectivity index (χ0) is 22.6. The number of hydrogen-bond acceptors (Lipinski definition) is 7. The molecule has 1 aliphatic carbocycles. The summed E-state index contributed by atoms with van der Waals surface area (Å²) >= 11 is 1.50. The van der Waals surface area contributed by atoms with Crippen molar-refractivity contribution in [3.05, 3.63) is 54.5 Å². The van der Waals surface area contributed by atoms with Crippen LogP contribution in [0.15, 0.2) is 58.7 Å². The number of amides is 1. The van der Waals surface area contributed by atoms with Crippen molar-refractivity contribution in [2.75, 3.05) is 17.2 Å². The maximum Gasteiger partial charge on any atom is 0.412 e. The van der Waals surface area contributed by atoms with E-state index in [2.05, 4.69) is 37.7 Å². The van der Waals surface area contributed by atoms with Gasteiger partial charge >= 0.3 is 6.09 Å². The summed E-state index contributed by atoms with van der Waals surface area (Å²) in [5, 5.41) is 14.2. The number of benzene rings is 1. The Labute approximate surface area is 194 Å². The van der Waals surface area contributed by atoms with E-state index in [-0.39, 0.29) is 6.61 Å². The van der Waals surface area contributed by atoms with Gasteiger partial charge in [0.25, 0.3) is 0 Å². The molecule has 0 radical (unpaired) electrons. The molecule has 0 atom stereocenters. The van der Waals surface area contributed by atoms with Crippen molar-refractivity contribution in [2.24, 2.45) is 0 Å². The highest BCUT2D eigenvalue weighted by Gasteiger charge is 2.25. The molecule has 33 heavy (non-hydrogen) atoms. The van der Waals surface area contributed by atoms with E-state index in [4.69, 9.17) is 9.72 Å². The Morgan fingerprint density at radius 1 is 1.30 bits per heavy atom. The highest BCUT2D eigenvalue weighted by atomic mass is 32.2. The van der Waals surface area contributed by atoms with Crippen LogP contribution in [0.3, 0.4) is 0 Å². The Kier molecular flexibility index (Phi) is 5.87. The molecular formula is C23H21N7O2S. The number of H-pyrrole nitrogens is 1. The minimum absolute atomic E-state index is 0.0642. The van der Waals surface area contributed by atoms with Crippen LogP contribution in [0.1, 0.15) is 31.4 Å². The lowest BCUT2D eigenvalue weighted by Crippen LogP contribution is -2.13. The largest absolute Gasteiger partial charge is 0.436 e. The Morgan fingerprint density at radius 2 is 2.15 bits per heavy atom. The second kappa shape index (κ2) is 9.26. The Bertz CT molecular complexity index is 1350. The van der Waals surface area contributed by atoms with E-state index in [0.29, 0.717) is 17.6 Å². The quantitative estimate of drug-likeness (QED) is 0.269. The van der Waals surface area contributed by atoms with Crippen LogP contribution in [0.5, 0.6) is 0 Å². The minimum atomic E-state index is -0.538. The molecule has 10 heteroatoms. The zero-order valence-electron chi connectivity index (χ0n) is 17.8. The average molecular weight is 460 g/mol. The summed E-state index contributed by atoms with van der Waals surface area (Å²) < 4.78 is 6.85. The molecule has 3 N–H and O–H groups in total. The molecule has 0 spiro atoms. The van der Waals surface area contributed by atoms with E-state index in [1.807, 2.05) is 47.0 Å². The molecule has 9 nitrogen and oxygen atoms in total. The molecule has 3 heterocycles. The molecule has 4 aromatic rings. The van der Waals surface area contributed by atoms with Crippen molar-refractivity contribution in [3.63, 3.8) is 0 Å². The smallest absolute Gasteiger partial charge is 0.412 e. The number of nitrogens with one attached hydrogen (secondary N) is 3. The van der Waals surface area contributed by atoms with Crippen LogP contribution in [0.2, 0.25) is 0 Å². The van der Waals surface area contributed by atoms with Gasteiger partial charge in [0.15, 0.2) is 12.4 Å². The minimum Gasteiger partial charge on any atom is -0.436 e. The van der Waals surface area contributed by atoms with Gasteiger partial charge in [0, 0.05) is 46.7 Å². The molecule has 0 saturated heterocycles. The molecular weight excluding hydrogens is 438 g/mol. The zero-order valence-corrected chi connectivity index (χ0v) is 18.6. The first-order valence-electron chi connectivity index (χ1n) is 10.5. The molecule has 1 fully saturated rings. The number of aromatic amines is 1. The summed E-state index contributed by atoms with van der Waals surface area (Å²) in [6, 6.07) is 11.4. The van der Waals surface area contributed by atoms with Crippen LogP contribution in [0, 0.1) is 11.8 Å². The number of aromatic nitrogens is 5. The topological polar surface area (TPSA) is 109 Å². The van der Waals surface area contributed by atoms with Crippen molar-refractivity contribution in [2.45, 2.75) is 35.6 Å². The molecule has 3 aromatic heterocycles. The number of imidazole rings is 1. The lowest BCUT2D eigenvalue weighted by molar-refractivity contribution is 0.176. The summed E-state index contributed by atoms with van der Waals surface area (Å²) in [4.78, 5) is 21.9. The predicted molar refractivity (Wildman–Crippen MR) is 126 cm³/mol. The molecule has 1 saturated carbocycles. The number of anilines is 3. The van der Waals surface area contributed by atoms with Crippen LogP contribution in [0.4, 0.5) is 22.2 Å². The van der Waals surface area contributed by atoms with Gasteiger partial charge in [-0.3, -0.25) is 14.8 Å². The van der Waals surface area contributed by atoms with Crippen LogP contribution >= 0.6 is 11.8 Å². The van der Waals surface area contributed by atoms with E-state index >= 15 is 0 Å². The van der Waals surface area contributed by atoms with E-state index in [1.54, 1.807) is 13.1 Å². The lowest BCUT2D eigenvalue weighted by Gasteiger charge is -2.09. The molecule has 166 valence electrons. The first-order chi connectivity index (χ1) is 16.2. The first-order valence-corrected chi connectivity index (χ1v) is 11.3. The highest BCUT2D eigenvalue weighted by molar-refractivity contribution is 7.99. The SMILES string of the molecule is CC#CCOC(=O)Nc1ccc(Sc2cc3nccn3c(Nc3cc(C4CC4)[nH]n3)n2)cc1. The highest BCUT2D eigenvalue weighted by Crippen LogP contribution is 2.39. The van der Waals surface area contributed by atoms with E-state index in [0.717, 1.165) is 27.1 Å². The second-order valence-corrected chi connectivity index (χ2v) is 8.53. The fraction of sp³-hybridized carbons (Fsp3) is 0.217. The molecule has 1 aliphatic rings. The predicted octanol–water partition coefficient (Wildman–Crippen LogP) is 4.80. The van der Waals surface area contributed by atoms with Crippen LogP contribution in [0.25, 0.3) is 5.65 Å². The number of ether oxygens (including phenoxy) is 1. The number of nitrogens with zero attached hydrogens (tertiary/aromatic N) is 4. The van der Waals surface area contributed by atoms with E-state index in [1.165, 1.54) is 24.6 Å². The van der Waals surface area contributed by atoms with Crippen LogP contribution < -0.4 is 10.6 Å². The van der Waals surface area contributed by atoms with E-state index in [9.17, 15) is 4.79 Å². The summed E-state index contributed by atoms with van der Waals surface area (Å²) in [5.74, 6) is 7.32. The average Bonchev–Trinajstić information content (AvgIpc) is 3.36. The van der Waals surface area contributed by atoms with E-state index < -0.39 is 6.09 Å². The van der Waals surface area contributed by atoms with Gasteiger partial charge in [-0.25, -0.2) is 14.8 Å². The van der Waals surface area contributed by atoms with Gasteiger partial charge in [0.1, 0.15) is 10.7 Å². The van der Waals surface area contributed by atoms with Crippen LogP contribution in [-0.2, 0) is 4.74 Å². The monoisotopic (exact) mass is 459 g/mol.